The molecule has 0 aromatic heterocycles. The van der Waals surface area contributed by atoms with Gasteiger partial charge in [-0.25, -0.2) is 0 Å². The molecule has 90 valence electrons. The molecule has 1 saturated carbocycles. The first kappa shape index (κ1) is 11.9. The van der Waals surface area contributed by atoms with E-state index in [2.05, 4.69) is 11.0 Å². The predicted molar refractivity (Wildman–Crippen MR) is 63.0 cm³/mol. The fourth-order valence-corrected chi connectivity index (χ4v) is 2.97. The summed E-state index contributed by atoms with van der Waals surface area (Å²) in [7, 11) is 0. The van der Waals surface area contributed by atoms with Crippen molar-refractivity contribution < 1.29 is 4.74 Å². The van der Waals surface area contributed by atoms with E-state index < -0.39 is 0 Å². The second kappa shape index (κ2) is 6.22. The average Bonchev–Trinajstić information content (AvgIpc) is 2.35. The van der Waals surface area contributed by atoms with Crippen molar-refractivity contribution in [2.24, 2.45) is 0 Å². The van der Waals surface area contributed by atoms with Gasteiger partial charge in [0.15, 0.2) is 0 Å². The first-order valence-corrected chi connectivity index (χ1v) is 6.64. The normalized spacial score (nSPS) is 30.7. The molecule has 0 aromatic rings. The zero-order valence-electron chi connectivity index (χ0n) is 10.0. The van der Waals surface area contributed by atoms with E-state index in [0.717, 1.165) is 32.5 Å². The summed E-state index contributed by atoms with van der Waals surface area (Å²) in [5.41, 5.74) is 0. The van der Waals surface area contributed by atoms with Gasteiger partial charge in [-0.15, -0.1) is 0 Å². The fourth-order valence-electron chi connectivity index (χ4n) is 2.97. The first-order chi connectivity index (χ1) is 7.92. The molecule has 0 spiro atoms. The third-order valence-corrected chi connectivity index (χ3v) is 3.83. The van der Waals surface area contributed by atoms with Gasteiger partial charge in [0.05, 0.1) is 18.8 Å². The van der Waals surface area contributed by atoms with Gasteiger partial charge in [-0.1, -0.05) is 12.8 Å². The predicted octanol–water partition coefficient (Wildman–Crippen LogP) is 2.32. The maximum Gasteiger partial charge on any atom is 0.0730 e. The van der Waals surface area contributed by atoms with Crippen LogP contribution >= 0.6 is 0 Å². The third-order valence-electron chi connectivity index (χ3n) is 3.83. The van der Waals surface area contributed by atoms with Crippen molar-refractivity contribution in [3.8, 4) is 6.07 Å². The number of unbranched alkanes of at least 4 members (excludes halogenated alkanes) is 2. The van der Waals surface area contributed by atoms with Crippen LogP contribution in [0.3, 0.4) is 0 Å². The number of nitriles is 1. The molecule has 3 nitrogen and oxygen atoms in total. The Morgan fingerprint density at radius 3 is 3.00 bits per heavy atom. The number of hydrogen-bond acceptors (Lipinski definition) is 3. The van der Waals surface area contributed by atoms with Crippen LogP contribution in [-0.2, 0) is 4.74 Å². The zero-order valence-corrected chi connectivity index (χ0v) is 10.0. The summed E-state index contributed by atoms with van der Waals surface area (Å²) >= 11 is 0. The van der Waals surface area contributed by atoms with Gasteiger partial charge in [0.1, 0.15) is 0 Å². The van der Waals surface area contributed by atoms with Crippen molar-refractivity contribution in [1.82, 2.24) is 4.90 Å². The minimum atomic E-state index is 0.499. The molecule has 0 bridgehead atoms. The molecule has 1 heterocycles. The monoisotopic (exact) mass is 222 g/mol. The highest BCUT2D eigenvalue weighted by Crippen LogP contribution is 2.28. The van der Waals surface area contributed by atoms with Gasteiger partial charge in [0.25, 0.3) is 0 Å². The van der Waals surface area contributed by atoms with Crippen molar-refractivity contribution >= 4 is 0 Å². The van der Waals surface area contributed by atoms with E-state index in [0.29, 0.717) is 18.6 Å². The summed E-state index contributed by atoms with van der Waals surface area (Å²) in [6.07, 6.45) is 8.67. The van der Waals surface area contributed by atoms with E-state index in [9.17, 15) is 0 Å². The van der Waals surface area contributed by atoms with E-state index in [4.69, 9.17) is 10.00 Å². The molecular formula is C13H22N2O. The lowest BCUT2D eigenvalue weighted by Crippen LogP contribution is -2.52. The Hall–Kier alpha value is -0.590. The lowest BCUT2D eigenvalue weighted by molar-refractivity contribution is -0.0882. The highest BCUT2D eigenvalue weighted by atomic mass is 16.5. The summed E-state index contributed by atoms with van der Waals surface area (Å²) in [5.74, 6) is 0. The molecule has 2 rings (SSSR count). The van der Waals surface area contributed by atoms with E-state index in [1.54, 1.807) is 0 Å². The maximum atomic E-state index is 8.51. The molecule has 2 unspecified atom stereocenters. The van der Waals surface area contributed by atoms with Gasteiger partial charge in [0.2, 0.25) is 0 Å². The number of morpholine rings is 1. The Balaban J connectivity index is 1.76. The average molecular weight is 222 g/mol. The van der Waals surface area contributed by atoms with Crippen molar-refractivity contribution in [3.05, 3.63) is 0 Å². The first-order valence-electron chi connectivity index (χ1n) is 6.64. The topological polar surface area (TPSA) is 36.3 Å². The van der Waals surface area contributed by atoms with Crippen LogP contribution in [0, 0.1) is 11.3 Å². The number of hydrogen-bond donors (Lipinski definition) is 0. The van der Waals surface area contributed by atoms with Crippen molar-refractivity contribution in [1.29, 1.82) is 5.26 Å². The van der Waals surface area contributed by atoms with Crippen LogP contribution < -0.4 is 0 Å². The van der Waals surface area contributed by atoms with Crippen LogP contribution in [0.1, 0.15) is 44.9 Å². The van der Waals surface area contributed by atoms with Crippen LogP contribution in [0.2, 0.25) is 0 Å². The summed E-state index contributed by atoms with van der Waals surface area (Å²) in [5, 5.41) is 8.51. The second-order valence-electron chi connectivity index (χ2n) is 4.91. The van der Waals surface area contributed by atoms with Gasteiger partial charge in [-0.05, 0) is 32.2 Å². The molecule has 0 aromatic carbocycles. The van der Waals surface area contributed by atoms with Gasteiger partial charge >= 0.3 is 0 Å². The molecule has 1 saturated heterocycles. The molecule has 3 heteroatoms. The summed E-state index contributed by atoms with van der Waals surface area (Å²) < 4.78 is 5.85. The van der Waals surface area contributed by atoms with E-state index in [1.165, 1.54) is 25.7 Å². The highest BCUT2D eigenvalue weighted by Gasteiger charge is 2.33. The van der Waals surface area contributed by atoms with Gasteiger partial charge in [0, 0.05) is 19.0 Å². The number of fused-ring (bicyclic) bond motifs is 1. The van der Waals surface area contributed by atoms with Crippen LogP contribution in [0.25, 0.3) is 0 Å². The lowest BCUT2D eigenvalue weighted by Gasteiger charge is -2.43. The Morgan fingerprint density at radius 2 is 2.12 bits per heavy atom. The molecule has 1 aliphatic heterocycles. The molecule has 2 fully saturated rings. The maximum absolute atomic E-state index is 8.51. The van der Waals surface area contributed by atoms with Crippen LogP contribution in [0.15, 0.2) is 0 Å². The Labute approximate surface area is 98.4 Å². The van der Waals surface area contributed by atoms with Crippen molar-refractivity contribution in [2.45, 2.75) is 57.1 Å². The van der Waals surface area contributed by atoms with Crippen LogP contribution in [0.5, 0.6) is 0 Å². The summed E-state index contributed by atoms with van der Waals surface area (Å²) in [6.45, 7) is 3.15. The second-order valence-corrected chi connectivity index (χ2v) is 4.91. The Bertz CT molecular complexity index is 247. The molecule has 2 atom stereocenters. The quantitative estimate of drug-likeness (QED) is 0.685. The van der Waals surface area contributed by atoms with Crippen molar-refractivity contribution in [3.63, 3.8) is 0 Å². The minimum Gasteiger partial charge on any atom is -0.375 e. The molecule has 16 heavy (non-hydrogen) atoms. The molecule has 0 N–H and O–H groups in total. The van der Waals surface area contributed by atoms with E-state index >= 15 is 0 Å². The van der Waals surface area contributed by atoms with Crippen LogP contribution in [0.4, 0.5) is 0 Å². The molecule has 1 aliphatic carbocycles. The standard InChI is InChI=1S/C13H22N2O/c14-8-4-1-5-9-15-10-11-16-13-7-3-2-6-12(13)15/h12-13H,1-7,9-11H2. The number of ether oxygens (including phenoxy) is 1. The Morgan fingerprint density at radius 1 is 1.25 bits per heavy atom. The van der Waals surface area contributed by atoms with E-state index in [1.807, 2.05) is 0 Å². The summed E-state index contributed by atoms with van der Waals surface area (Å²) in [4.78, 5) is 2.60. The number of nitrogens with zero attached hydrogens (tertiary/aromatic N) is 2. The molecular weight excluding hydrogens is 200 g/mol. The minimum absolute atomic E-state index is 0.499. The van der Waals surface area contributed by atoms with E-state index in [-0.39, 0.29) is 0 Å². The lowest BCUT2D eigenvalue weighted by atomic mass is 9.90. The molecule has 0 amide bonds. The SMILES string of the molecule is N#CCCCCN1CCOC2CCCCC21. The van der Waals surface area contributed by atoms with Gasteiger partial charge in [-0.2, -0.15) is 5.26 Å². The molecule has 0 radical (unpaired) electrons. The third kappa shape index (κ3) is 2.96. The Kier molecular flexibility index (Phi) is 4.62. The largest absolute Gasteiger partial charge is 0.375 e. The molecule has 2 aliphatic rings. The highest BCUT2D eigenvalue weighted by molar-refractivity contribution is 4.87. The zero-order chi connectivity index (χ0) is 11.2. The van der Waals surface area contributed by atoms with Crippen LogP contribution in [-0.4, -0.2) is 36.7 Å². The van der Waals surface area contributed by atoms with Crippen molar-refractivity contribution in [2.75, 3.05) is 19.7 Å². The fraction of sp³-hybridized carbons (Fsp3) is 0.923. The van der Waals surface area contributed by atoms with Gasteiger partial charge in [-0.3, -0.25) is 4.90 Å². The van der Waals surface area contributed by atoms with Gasteiger partial charge < -0.3 is 4.74 Å². The summed E-state index contributed by atoms with van der Waals surface area (Å²) in [6, 6.07) is 2.89. The number of rotatable bonds is 4. The smallest absolute Gasteiger partial charge is 0.0730 e.